The largest absolute Gasteiger partial charge is 0.507 e. The van der Waals surface area contributed by atoms with Gasteiger partial charge >= 0.3 is 0 Å². The number of amides is 1. The van der Waals surface area contributed by atoms with Gasteiger partial charge in [-0.2, -0.15) is 0 Å². The zero-order chi connectivity index (χ0) is 23.1. The van der Waals surface area contributed by atoms with Crippen molar-refractivity contribution in [1.82, 2.24) is 4.98 Å². The molecule has 1 amide bonds. The average Bonchev–Trinajstić information content (AvgIpc) is 3.11. The van der Waals surface area contributed by atoms with Gasteiger partial charge in [0.15, 0.2) is 0 Å². The molecule has 1 aromatic heterocycles. The predicted molar refractivity (Wildman–Crippen MR) is 132 cm³/mol. The van der Waals surface area contributed by atoms with Crippen LogP contribution in [0, 0.1) is 6.92 Å². The van der Waals surface area contributed by atoms with E-state index in [1.807, 2.05) is 55.5 Å². The minimum Gasteiger partial charge on any atom is -0.507 e. The average molecular weight is 499 g/mol. The van der Waals surface area contributed by atoms with E-state index in [1.165, 1.54) is 4.90 Å². The van der Waals surface area contributed by atoms with E-state index in [4.69, 9.17) is 0 Å². The molecule has 1 aliphatic rings. The molecule has 5 rings (SSSR count). The fourth-order valence-electron chi connectivity index (χ4n) is 4.31. The molecule has 0 spiro atoms. The summed E-state index contributed by atoms with van der Waals surface area (Å²) in [6, 6.07) is 21.4. The lowest BCUT2D eigenvalue weighted by Gasteiger charge is -2.26. The van der Waals surface area contributed by atoms with Gasteiger partial charge in [0.1, 0.15) is 5.76 Å². The van der Waals surface area contributed by atoms with Crippen LogP contribution in [0.4, 0.5) is 5.69 Å². The first-order chi connectivity index (χ1) is 16.0. The van der Waals surface area contributed by atoms with Gasteiger partial charge < -0.3 is 5.11 Å². The molecule has 2 heterocycles. The van der Waals surface area contributed by atoms with Crippen LogP contribution in [0.3, 0.4) is 0 Å². The molecule has 1 N–H and O–H groups in total. The van der Waals surface area contributed by atoms with Crippen LogP contribution in [0.2, 0.25) is 0 Å². The third-order valence-corrected chi connectivity index (χ3v) is 6.81. The van der Waals surface area contributed by atoms with Crippen molar-refractivity contribution in [2.24, 2.45) is 0 Å². The highest BCUT2D eigenvalue weighted by Crippen LogP contribution is 2.44. The smallest absolute Gasteiger partial charge is 0.300 e. The number of nitrogens with zero attached hydrogens (tertiary/aromatic N) is 2. The normalized spacial score (nSPS) is 17.6. The SMILES string of the molecule is Cc1cc(/C(O)=C2\C(=O)C(=O)N(c3cccc4ccccc34)C2c2ccncc2)ccc1Br. The second-order valence-electron chi connectivity index (χ2n) is 7.91. The Kier molecular flexibility index (Phi) is 5.30. The Balaban J connectivity index is 1.78. The lowest BCUT2D eigenvalue weighted by atomic mass is 9.95. The summed E-state index contributed by atoms with van der Waals surface area (Å²) in [5.74, 6) is -1.60. The molecule has 1 atom stereocenters. The monoisotopic (exact) mass is 498 g/mol. The van der Waals surface area contributed by atoms with Crippen LogP contribution in [0.1, 0.15) is 22.7 Å². The molecule has 3 aromatic carbocycles. The topological polar surface area (TPSA) is 70.5 Å². The highest BCUT2D eigenvalue weighted by molar-refractivity contribution is 9.10. The van der Waals surface area contributed by atoms with Gasteiger partial charge in [0.05, 0.1) is 17.3 Å². The van der Waals surface area contributed by atoms with Crippen molar-refractivity contribution >= 4 is 49.8 Å². The van der Waals surface area contributed by atoms with Crippen LogP contribution >= 0.6 is 15.9 Å². The van der Waals surface area contributed by atoms with Gasteiger partial charge in [-0.15, -0.1) is 0 Å². The maximum absolute atomic E-state index is 13.4. The second-order valence-corrected chi connectivity index (χ2v) is 8.77. The number of aryl methyl sites for hydroxylation is 1. The number of Topliss-reactive ketones (excluding diaryl/α,β-unsaturated/α-hetero) is 1. The van der Waals surface area contributed by atoms with E-state index in [-0.39, 0.29) is 11.3 Å². The van der Waals surface area contributed by atoms with Gasteiger partial charge in [0.2, 0.25) is 0 Å². The van der Waals surface area contributed by atoms with Gasteiger partial charge in [0.25, 0.3) is 11.7 Å². The number of benzene rings is 3. The van der Waals surface area contributed by atoms with E-state index >= 15 is 0 Å². The molecular formula is C27H19BrN2O3. The molecule has 0 bridgehead atoms. The van der Waals surface area contributed by atoms with E-state index in [0.717, 1.165) is 20.8 Å². The number of hydrogen-bond donors (Lipinski definition) is 1. The van der Waals surface area contributed by atoms with Gasteiger partial charge in [-0.25, -0.2) is 0 Å². The van der Waals surface area contributed by atoms with Crippen molar-refractivity contribution in [3.8, 4) is 0 Å². The zero-order valence-corrected chi connectivity index (χ0v) is 19.3. The quantitative estimate of drug-likeness (QED) is 0.216. The predicted octanol–water partition coefficient (Wildman–Crippen LogP) is 5.93. The molecule has 0 saturated carbocycles. The summed E-state index contributed by atoms with van der Waals surface area (Å²) >= 11 is 3.46. The summed E-state index contributed by atoms with van der Waals surface area (Å²) in [6.45, 7) is 1.90. The highest BCUT2D eigenvalue weighted by atomic mass is 79.9. The standard InChI is InChI=1S/C27H19BrN2O3/c1-16-15-19(9-10-21(16)28)25(31)23-24(18-11-13-29-14-12-18)30(27(33)26(23)32)22-8-4-6-17-5-2-3-7-20(17)22/h2-15,24,31H,1H3/b25-23+. The zero-order valence-electron chi connectivity index (χ0n) is 17.7. The maximum atomic E-state index is 13.4. The number of carbonyl (C=O) groups excluding carboxylic acids is 2. The number of aromatic nitrogens is 1. The summed E-state index contributed by atoms with van der Waals surface area (Å²) in [5.41, 5.74) is 2.74. The van der Waals surface area contributed by atoms with E-state index in [9.17, 15) is 14.7 Å². The number of hydrogen-bond acceptors (Lipinski definition) is 4. The van der Waals surface area contributed by atoms with Crippen LogP contribution in [0.25, 0.3) is 16.5 Å². The minimum absolute atomic E-state index is 0.0563. The molecule has 1 aliphatic heterocycles. The minimum atomic E-state index is -0.789. The Morgan fingerprint density at radius 3 is 2.45 bits per heavy atom. The van der Waals surface area contributed by atoms with Crippen molar-refractivity contribution in [1.29, 1.82) is 0 Å². The molecule has 1 fully saturated rings. The Morgan fingerprint density at radius 1 is 0.970 bits per heavy atom. The summed E-state index contributed by atoms with van der Waals surface area (Å²) in [6.07, 6.45) is 3.23. The molecule has 0 aliphatic carbocycles. The third kappa shape index (κ3) is 3.52. The Hall–Kier alpha value is -3.77. The van der Waals surface area contributed by atoms with Gasteiger partial charge in [-0.05, 0) is 53.8 Å². The second kappa shape index (κ2) is 8.30. The van der Waals surface area contributed by atoms with Crippen LogP contribution in [0.5, 0.6) is 0 Å². The van der Waals surface area contributed by atoms with Gasteiger partial charge in [-0.1, -0.05) is 58.4 Å². The Morgan fingerprint density at radius 2 is 1.70 bits per heavy atom. The van der Waals surface area contributed by atoms with Crippen LogP contribution < -0.4 is 4.90 Å². The highest BCUT2D eigenvalue weighted by Gasteiger charge is 2.47. The first-order valence-corrected chi connectivity index (χ1v) is 11.2. The fourth-order valence-corrected chi connectivity index (χ4v) is 4.55. The molecule has 0 radical (unpaired) electrons. The first-order valence-electron chi connectivity index (χ1n) is 10.4. The number of anilines is 1. The molecule has 162 valence electrons. The number of aliphatic hydroxyl groups is 1. The number of fused-ring (bicyclic) bond motifs is 1. The van der Waals surface area contributed by atoms with Crippen molar-refractivity contribution in [3.05, 3.63) is 112 Å². The van der Waals surface area contributed by atoms with Crippen molar-refractivity contribution in [3.63, 3.8) is 0 Å². The Bertz CT molecular complexity index is 1440. The molecule has 6 heteroatoms. The van der Waals surface area contributed by atoms with Crippen LogP contribution in [-0.4, -0.2) is 21.8 Å². The number of carbonyl (C=O) groups is 2. The molecule has 1 unspecified atom stereocenters. The number of aliphatic hydroxyl groups excluding tert-OH is 1. The number of pyridine rings is 1. The van der Waals surface area contributed by atoms with Gasteiger partial charge in [-0.3, -0.25) is 19.5 Å². The summed E-state index contributed by atoms with van der Waals surface area (Å²) in [4.78, 5) is 32.3. The Labute approximate surface area is 199 Å². The molecule has 4 aromatic rings. The maximum Gasteiger partial charge on any atom is 0.300 e. The number of halogens is 1. The van der Waals surface area contributed by atoms with Crippen molar-refractivity contribution < 1.29 is 14.7 Å². The van der Waals surface area contributed by atoms with Crippen LogP contribution in [-0.2, 0) is 9.59 Å². The third-order valence-electron chi connectivity index (χ3n) is 5.92. The van der Waals surface area contributed by atoms with E-state index in [2.05, 4.69) is 20.9 Å². The molecule has 1 saturated heterocycles. The first kappa shape index (κ1) is 21.1. The molecule has 5 nitrogen and oxygen atoms in total. The number of rotatable bonds is 3. The van der Waals surface area contributed by atoms with Crippen molar-refractivity contribution in [2.45, 2.75) is 13.0 Å². The summed E-state index contributed by atoms with van der Waals surface area (Å²) < 4.78 is 0.890. The number of ketones is 1. The van der Waals surface area contributed by atoms with E-state index in [0.29, 0.717) is 16.8 Å². The lowest BCUT2D eigenvalue weighted by Crippen LogP contribution is -2.29. The van der Waals surface area contributed by atoms with E-state index in [1.54, 1.807) is 36.7 Å². The van der Waals surface area contributed by atoms with Crippen LogP contribution in [0.15, 0.2) is 95.2 Å². The van der Waals surface area contributed by atoms with Gasteiger partial charge in [0, 0.05) is 27.8 Å². The van der Waals surface area contributed by atoms with Crippen molar-refractivity contribution in [2.75, 3.05) is 4.90 Å². The molecular weight excluding hydrogens is 480 g/mol. The molecule has 33 heavy (non-hydrogen) atoms. The summed E-state index contributed by atoms with van der Waals surface area (Å²) in [7, 11) is 0. The van der Waals surface area contributed by atoms with E-state index < -0.39 is 17.7 Å². The lowest BCUT2D eigenvalue weighted by molar-refractivity contribution is -0.132. The fraction of sp³-hybridized carbons (Fsp3) is 0.0741. The summed E-state index contributed by atoms with van der Waals surface area (Å²) in [5, 5.41) is 13.1.